The van der Waals surface area contributed by atoms with Gasteiger partial charge in [-0.3, -0.25) is 19.2 Å². The Balaban J connectivity index is 2.96. The lowest BCUT2D eigenvalue weighted by Gasteiger charge is -2.26. The average Bonchev–Trinajstić information content (AvgIpc) is 2.74. The van der Waals surface area contributed by atoms with Crippen LogP contribution in [0.5, 0.6) is 0 Å². The summed E-state index contributed by atoms with van der Waals surface area (Å²) in [6, 6.07) is 4.68. The molecule has 1 aromatic carbocycles. The van der Waals surface area contributed by atoms with E-state index in [2.05, 4.69) is 16.0 Å². The van der Waals surface area contributed by atoms with Crippen molar-refractivity contribution in [3.8, 4) is 0 Å². The number of carboxylic acids is 1. The van der Waals surface area contributed by atoms with Gasteiger partial charge >= 0.3 is 5.97 Å². The van der Waals surface area contributed by atoms with Crippen molar-refractivity contribution in [3.05, 3.63) is 35.9 Å². The second kappa shape index (κ2) is 13.0. The zero-order valence-corrected chi connectivity index (χ0v) is 17.6. The fourth-order valence-corrected chi connectivity index (χ4v) is 2.78. The molecule has 0 saturated heterocycles. The number of primary amides is 1. The number of nitrogens with one attached hydrogen (secondary N) is 3. The predicted molar refractivity (Wildman–Crippen MR) is 113 cm³/mol. The van der Waals surface area contributed by atoms with E-state index in [-0.39, 0.29) is 25.8 Å². The van der Waals surface area contributed by atoms with Crippen LogP contribution in [-0.2, 0) is 30.4 Å². The number of benzene rings is 1. The first-order valence-electron chi connectivity index (χ1n) is 9.88. The molecule has 176 valence electrons. The zero-order valence-electron chi connectivity index (χ0n) is 17.6. The molecule has 9 N–H and O–H groups in total. The van der Waals surface area contributed by atoms with Crippen LogP contribution in [-0.4, -0.2) is 70.6 Å². The summed E-state index contributed by atoms with van der Waals surface area (Å²) in [5, 5.41) is 26.2. The third-order valence-corrected chi connectivity index (χ3v) is 4.48. The highest BCUT2D eigenvalue weighted by atomic mass is 16.4. The standard InChI is InChI=1S/C20H29N5O7/c1-11(26)17(19(30)24-13(20(31)32)7-8-15(22)27)25-18(29)14(23-16(28)10-21)9-12-5-3-2-4-6-12/h2-6,11,13-14,17,26H,7-10,21H2,1H3,(H2,22,27)(H,23,28)(H,24,30)(H,25,29)(H,31,32). The predicted octanol–water partition coefficient (Wildman–Crippen LogP) is -2.63. The molecule has 0 aliphatic rings. The number of rotatable bonds is 13. The summed E-state index contributed by atoms with van der Waals surface area (Å²) in [4.78, 5) is 59.4. The fourth-order valence-electron chi connectivity index (χ4n) is 2.78. The van der Waals surface area contributed by atoms with Gasteiger partial charge in [0.15, 0.2) is 0 Å². The molecule has 0 heterocycles. The molecular weight excluding hydrogens is 422 g/mol. The molecule has 0 saturated carbocycles. The second-order valence-corrected chi connectivity index (χ2v) is 7.15. The van der Waals surface area contributed by atoms with E-state index in [0.717, 1.165) is 5.56 Å². The molecule has 4 unspecified atom stereocenters. The molecule has 4 atom stereocenters. The quantitative estimate of drug-likeness (QED) is 0.168. The van der Waals surface area contributed by atoms with Crippen LogP contribution in [0.1, 0.15) is 25.3 Å². The van der Waals surface area contributed by atoms with Crippen LogP contribution in [0.4, 0.5) is 0 Å². The summed E-state index contributed by atoms with van der Waals surface area (Å²) >= 11 is 0. The number of carbonyl (C=O) groups is 5. The third kappa shape index (κ3) is 9.10. The van der Waals surface area contributed by atoms with E-state index in [4.69, 9.17) is 11.5 Å². The molecule has 1 rings (SSSR count). The van der Waals surface area contributed by atoms with Crippen molar-refractivity contribution in [1.29, 1.82) is 0 Å². The van der Waals surface area contributed by atoms with Crippen molar-refractivity contribution in [2.45, 2.75) is 50.4 Å². The van der Waals surface area contributed by atoms with Crippen LogP contribution in [0, 0.1) is 0 Å². The summed E-state index contributed by atoms with van der Waals surface area (Å²) in [6.07, 6.45) is -1.86. The Morgan fingerprint density at radius 3 is 2.09 bits per heavy atom. The van der Waals surface area contributed by atoms with Crippen molar-refractivity contribution in [1.82, 2.24) is 16.0 Å². The molecule has 1 aromatic rings. The minimum absolute atomic E-state index is 0.0862. The second-order valence-electron chi connectivity index (χ2n) is 7.15. The summed E-state index contributed by atoms with van der Waals surface area (Å²) in [7, 11) is 0. The first-order valence-corrected chi connectivity index (χ1v) is 9.88. The van der Waals surface area contributed by atoms with Gasteiger partial charge < -0.3 is 37.6 Å². The Morgan fingerprint density at radius 1 is 0.969 bits per heavy atom. The molecule has 0 fully saturated rings. The topological polar surface area (TPSA) is 214 Å². The van der Waals surface area contributed by atoms with Crippen LogP contribution in [0.25, 0.3) is 0 Å². The van der Waals surface area contributed by atoms with Crippen molar-refractivity contribution < 1.29 is 34.2 Å². The monoisotopic (exact) mass is 451 g/mol. The van der Waals surface area contributed by atoms with E-state index < -0.39 is 53.8 Å². The summed E-state index contributed by atoms with van der Waals surface area (Å²) in [5.41, 5.74) is 11.0. The Bertz CT molecular complexity index is 816. The largest absolute Gasteiger partial charge is 0.480 e. The van der Waals surface area contributed by atoms with Gasteiger partial charge in [0, 0.05) is 12.8 Å². The van der Waals surface area contributed by atoms with Crippen molar-refractivity contribution in [2.24, 2.45) is 11.5 Å². The average molecular weight is 451 g/mol. The lowest BCUT2D eigenvalue weighted by Crippen LogP contribution is -2.59. The maximum atomic E-state index is 12.8. The maximum Gasteiger partial charge on any atom is 0.326 e. The van der Waals surface area contributed by atoms with Crippen LogP contribution in [0.15, 0.2) is 30.3 Å². The van der Waals surface area contributed by atoms with E-state index in [1.54, 1.807) is 30.3 Å². The van der Waals surface area contributed by atoms with Gasteiger partial charge in [-0.1, -0.05) is 30.3 Å². The highest BCUT2D eigenvalue weighted by Crippen LogP contribution is 2.06. The molecule has 12 heteroatoms. The minimum Gasteiger partial charge on any atom is -0.480 e. The first-order chi connectivity index (χ1) is 15.0. The van der Waals surface area contributed by atoms with E-state index in [1.165, 1.54) is 6.92 Å². The Hall–Kier alpha value is -3.51. The number of aliphatic hydroxyl groups is 1. The lowest BCUT2D eigenvalue weighted by atomic mass is 10.0. The normalized spacial score (nSPS) is 14.3. The van der Waals surface area contributed by atoms with Gasteiger partial charge in [0.05, 0.1) is 12.6 Å². The summed E-state index contributed by atoms with van der Waals surface area (Å²) in [5.74, 6) is -4.51. The van der Waals surface area contributed by atoms with Gasteiger partial charge in [-0.15, -0.1) is 0 Å². The number of carboxylic acid groups (broad SMARTS) is 1. The van der Waals surface area contributed by atoms with Gasteiger partial charge in [0.2, 0.25) is 23.6 Å². The number of hydrogen-bond donors (Lipinski definition) is 7. The van der Waals surface area contributed by atoms with E-state index in [1.807, 2.05) is 0 Å². The highest BCUT2D eigenvalue weighted by Gasteiger charge is 2.32. The highest BCUT2D eigenvalue weighted by molar-refractivity contribution is 5.94. The maximum absolute atomic E-state index is 12.8. The number of aliphatic hydroxyl groups excluding tert-OH is 1. The van der Waals surface area contributed by atoms with Gasteiger partial charge in [-0.25, -0.2) is 4.79 Å². The molecule has 0 aromatic heterocycles. The Kier molecular flexibility index (Phi) is 10.8. The smallest absolute Gasteiger partial charge is 0.326 e. The first kappa shape index (κ1) is 26.5. The van der Waals surface area contributed by atoms with Crippen molar-refractivity contribution >= 4 is 29.6 Å². The number of carbonyl (C=O) groups excluding carboxylic acids is 4. The minimum atomic E-state index is -1.52. The molecule has 4 amide bonds. The SMILES string of the molecule is CC(O)C(NC(=O)C(Cc1ccccc1)NC(=O)CN)C(=O)NC(CCC(N)=O)C(=O)O. The van der Waals surface area contributed by atoms with E-state index in [9.17, 15) is 34.2 Å². The Morgan fingerprint density at radius 2 is 1.59 bits per heavy atom. The van der Waals surface area contributed by atoms with Crippen LogP contribution >= 0.6 is 0 Å². The summed E-state index contributed by atoms with van der Waals surface area (Å²) < 4.78 is 0. The number of hydrogen-bond acceptors (Lipinski definition) is 7. The number of amides is 4. The van der Waals surface area contributed by atoms with Crippen LogP contribution in [0.2, 0.25) is 0 Å². The van der Waals surface area contributed by atoms with Gasteiger partial charge in [0.1, 0.15) is 18.1 Å². The lowest BCUT2D eigenvalue weighted by molar-refractivity contribution is -0.143. The van der Waals surface area contributed by atoms with Crippen LogP contribution < -0.4 is 27.4 Å². The molecule has 0 bridgehead atoms. The summed E-state index contributed by atoms with van der Waals surface area (Å²) in [6.45, 7) is 0.868. The third-order valence-electron chi connectivity index (χ3n) is 4.48. The number of nitrogens with two attached hydrogens (primary N) is 2. The zero-order chi connectivity index (χ0) is 24.3. The van der Waals surface area contributed by atoms with Crippen molar-refractivity contribution in [3.63, 3.8) is 0 Å². The molecular formula is C20H29N5O7. The van der Waals surface area contributed by atoms with Crippen LogP contribution in [0.3, 0.4) is 0 Å². The fraction of sp³-hybridized carbons (Fsp3) is 0.450. The van der Waals surface area contributed by atoms with E-state index >= 15 is 0 Å². The van der Waals surface area contributed by atoms with E-state index in [0.29, 0.717) is 0 Å². The van der Waals surface area contributed by atoms with Gasteiger partial charge in [-0.2, -0.15) is 0 Å². The molecule has 12 nitrogen and oxygen atoms in total. The molecule has 0 aliphatic heterocycles. The molecule has 0 aliphatic carbocycles. The van der Waals surface area contributed by atoms with Gasteiger partial charge in [-0.05, 0) is 18.9 Å². The number of aliphatic carboxylic acids is 1. The Labute approximate surface area is 184 Å². The van der Waals surface area contributed by atoms with Gasteiger partial charge in [0.25, 0.3) is 0 Å². The molecule has 0 radical (unpaired) electrons. The molecule has 32 heavy (non-hydrogen) atoms. The molecule has 0 spiro atoms. The van der Waals surface area contributed by atoms with Crippen molar-refractivity contribution in [2.75, 3.05) is 6.54 Å².